The van der Waals surface area contributed by atoms with E-state index in [-0.39, 0.29) is 5.91 Å². The van der Waals surface area contributed by atoms with Gasteiger partial charge in [0.25, 0.3) is 0 Å². The second kappa shape index (κ2) is 6.77. The molecular formula is C18H23N3O. The van der Waals surface area contributed by atoms with Gasteiger partial charge in [-0.25, -0.2) is 0 Å². The number of nitrogens with one attached hydrogen (secondary N) is 1. The Morgan fingerprint density at radius 2 is 2.00 bits per heavy atom. The highest BCUT2D eigenvalue weighted by Crippen LogP contribution is 2.23. The van der Waals surface area contributed by atoms with Gasteiger partial charge in [-0.3, -0.25) is 9.48 Å². The van der Waals surface area contributed by atoms with Gasteiger partial charge in [-0.1, -0.05) is 30.3 Å². The summed E-state index contributed by atoms with van der Waals surface area (Å²) in [6.45, 7) is 0.552. The van der Waals surface area contributed by atoms with Crippen molar-refractivity contribution in [2.45, 2.75) is 45.1 Å². The van der Waals surface area contributed by atoms with E-state index in [0.717, 1.165) is 25.0 Å². The van der Waals surface area contributed by atoms with Crippen molar-refractivity contribution in [3.05, 3.63) is 52.8 Å². The van der Waals surface area contributed by atoms with Crippen molar-refractivity contribution >= 4 is 5.91 Å². The lowest BCUT2D eigenvalue weighted by Gasteiger charge is -2.12. The summed E-state index contributed by atoms with van der Waals surface area (Å²) in [5.41, 5.74) is 4.95. The fourth-order valence-corrected chi connectivity index (χ4v) is 3.17. The fraction of sp³-hybridized carbons (Fsp3) is 0.444. The summed E-state index contributed by atoms with van der Waals surface area (Å²) in [7, 11) is 2.00. The molecule has 0 atom stereocenters. The second-order valence-electron chi connectivity index (χ2n) is 5.96. The fourth-order valence-electron chi connectivity index (χ4n) is 3.17. The molecule has 1 heterocycles. The second-order valence-corrected chi connectivity index (χ2v) is 5.96. The van der Waals surface area contributed by atoms with Gasteiger partial charge in [-0.15, -0.1) is 0 Å². The standard InChI is InChI=1S/C18H23N3O/c1-21-17-10-6-5-9-15(17)16(20-21)13-19-18(22)12-11-14-7-3-2-4-8-14/h2-4,7-8H,5-6,9-13H2,1H3,(H,19,22). The van der Waals surface area contributed by atoms with E-state index < -0.39 is 0 Å². The van der Waals surface area contributed by atoms with Crippen LogP contribution in [0.1, 0.15) is 41.8 Å². The zero-order valence-electron chi connectivity index (χ0n) is 13.1. The Kier molecular flexibility index (Phi) is 4.56. The van der Waals surface area contributed by atoms with Gasteiger partial charge in [-0.05, 0) is 43.2 Å². The molecule has 1 amide bonds. The van der Waals surface area contributed by atoms with Gasteiger partial charge >= 0.3 is 0 Å². The molecule has 0 aliphatic heterocycles. The number of benzene rings is 1. The molecule has 4 nitrogen and oxygen atoms in total. The largest absolute Gasteiger partial charge is 0.350 e. The minimum atomic E-state index is 0.0964. The lowest BCUT2D eigenvalue weighted by Crippen LogP contribution is -2.24. The van der Waals surface area contributed by atoms with Gasteiger partial charge in [0.1, 0.15) is 0 Å². The SMILES string of the molecule is Cn1nc(CNC(=O)CCc2ccccc2)c2c1CCCC2. The predicted octanol–water partition coefficient (Wildman–Crippen LogP) is 2.55. The number of amides is 1. The topological polar surface area (TPSA) is 46.9 Å². The molecule has 1 N–H and O–H groups in total. The summed E-state index contributed by atoms with van der Waals surface area (Å²) in [5, 5.41) is 7.60. The lowest BCUT2D eigenvalue weighted by atomic mass is 9.96. The van der Waals surface area contributed by atoms with Crippen molar-refractivity contribution < 1.29 is 4.79 Å². The quantitative estimate of drug-likeness (QED) is 0.922. The summed E-state index contributed by atoms with van der Waals surface area (Å²) in [5.74, 6) is 0.0964. The van der Waals surface area contributed by atoms with Crippen LogP contribution in [0, 0.1) is 0 Å². The van der Waals surface area contributed by atoms with Crippen molar-refractivity contribution in [1.82, 2.24) is 15.1 Å². The Bertz CT molecular complexity index is 646. The molecule has 1 aliphatic carbocycles. The zero-order valence-corrected chi connectivity index (χ0v) is 13.1. The van der Waals surface area contributed by atoms with E-state index in [1.54, 1.807) is 0 Å². The number of carbonyl (C=O) groups is 1. The Morgan fingerprint density at radius 3 is 2.82 bits per heavy atom. The summed E-state index contributed by atoms with van der Waals surface area (Å²) >= 11 is 0. The Morgan fingerprint density at radius 1 is 1.23 bits per heavy atom. The van der Waals surface area contributed by atoms with E-state index in [2.05, 4.69) is 22.5 Å². The highest BCUT2D eigenvalue weighted by Gasteiger charge is 2.19. The molecule has 0 fully saturated rings. The van der Waals surface area contributed by atoms with Gasteiger partial charge in [-0.2, -0.15) is 5.10 Å². The third-order valence-corrected chi connectivity index (χ3v) is 4.38. The monoisotopic (exact) mass is 297 g/mol. The first-order valence-electron chi connectivity index (χ1n) is 8.08. The Balaban J connectivity index is 1.53. The molecule has 0 bridgehead atoms. The zero-order chi connectivity index (χ0) is 15.4. The number of aryl methyl sites for hydroxylation is 2. The molecule has 1 aliphatic rings. The van der Waals surface area contributed by atoms with Crippen LogP contribution in [0.3, 0.4) is 0 Å². The third-order valence-electron chi connectivity index (χ3n) is 4.38. The molecule has 1 aromatic heterocycles. The molecule has 0 unspecified atom stereocenters. The van der Waals surface area contributed by atoms with Crippen molar-refractivity contribution in [2.24, 2.45) is 7.05 Å². The maximum Gasteiger partial charge on any atom is 0.220 e. The highest BCUT2D eigenvalue weighted by atomic mass is 16.1. The molecular weight excluding hydrogens is 274 g/mol. The average molecular weight is 297 g/mol. The van der Waals surface area contributed by atoms with E-state index in [0.29, 0.717) is 13.0 Å². The van der Waals surface area contributed by atoms with Gasteiger partial charge in [0.2, 0.25) is 5.91 Å². The van der Waals surface area contributed by atoms with Gasteiger partial charge in [0.15, 0.2) is 0 Å². The summed E-state index contributed by atoms with van der Waals surface area (Å²) in [6, 6.07) is 10.1. The first-order valence-corrected chi connectivity index (χ1v) is 8.08. The van der Waals surface area contributed by atoms with Crippen molar-refractivity contribution in [1.29, 1.82) is 0 Å². The molecule has 0 spiro atoms. The van der Waals surface area contributed by atoms with Crippen molar-refractivity contribution in [2.75, 3.05) is 0 Å². The Labute approximate surface area is 131 Å². The van der Waals surface area contributed by atoms with Crippen LogP contribution in [0.25, 0.3) is 0 Å². The number of nitrogens with zero attached hydrogens (tertiary/aromatic N) is 2. The van der Waals surface area contributed by atoms with Crippen LogP contribution in [0.4, 0.5) is 0 Å². The van der Waals surface area contributed by atoms with Gasteiger partial charge in [0, 0.05) is 19.2 Å². The smallest absolute Gasteiger partial charge is 0.220 e. The molecule has 3 rings (SSSR count). The van der Waals surface area contributed by atoms with Gasteiger partial charge < -0.3 is 5.32 Å². The van der Waals surface area contributed by atoms with Crippen LogP contribution < -0.4 is 5.32 Å². The van der Waals surface area contributed by atoms with E-state index in [1.165, 1.54) is 29.7 Å². The van der Waals surface area contributed by atoms with Crippen molar-refractivity contribution in [3.63, 3.8) is 0 Å². The summed E-state index contributed by atoms with van der Waals surface area (Å²) in [4.78, 5) is 12.0. The van der Waals surface area contributed by atoms with Crippen LogP contribution in [0.2, 0.25) is 0 Å². The van der Waals surface area contributed by atoms with Crippen LogP contribution in [-0.4, -0.2) is 15.7 Å². The molecule has 1 aromatic carbocycles. The number of carbonyl (C=O) groups excluding carboxylic acids is 1. The molecule has 0 radical (unpaired) electrons. The van der Waals surface area contributed by atoms with E-state index in [9.17, 15) is 4.79 Å². The van der Waals surface area contributed by atoms with Crippen LogP contribution in [0.15, 0.2) is 30.3 Å². The average Bonchev–Trinajstić information content (AvgIpc) is 2.89. The van der Waals surface area contributed by atoms with Crippen molar-refractivity contribution in [3.8, 4) is 0 Å². The summed E-state index contributed by atoms with van der Waals surface area (Å²) in [6.07, 6.45) is 5.99. The number of aromatic nitrogens is 2. The maximum atomic E-state index is 12.0. The predicted molar refractivity (Wildman–Crippen MR) is 86.5 cm³/mol. The third kappa shape index (κ3) is 3.38. The lowest BCUT2D eigenvalue weighted by molar-refractivity contribution is -0.121. The number of hydrogen-bond acceptors (Lipinski definition) is 2. The maximum absolute atomic E-state index is 12.0. The Hall–Kier alpha value is -2.10. The number of hydrogen-bond donors (Lipinski definition) is 1. The molecule has 116 valence electrons. The minimum absolute atomic E-state index is 0.0964. The van der Waals surface area contributed by atoms with Crippen LogP contribution in [-0.2, 0) is 37.6 Å². The molecule has 4 heteroatoms. The van der Waals surface area contributed by atoms with Gasteiger partial charge in [0.05, 0.1) is 12.2 Å². The first-order chi connectivity index (χ1) is 10.7. The van der Waals surface area contributed by atoms with E-state index in [4.69, 9.17) is 0 Å². The van der Waals surface area contributed by atoms with Crippen LogP contribution in [0.5, 0.6) is 0 Å². The molecule has 0 saturated carbocycles. The van der Waals surface area contributed by atoms with Crippen LogP contribution >= 0.6 is 0 Å². The first kappa shape index (κ1) is 14.8. The normalized spacial score (nSPS) is 13.7. The molecule has 22 heavy (non-hydrogen) atoms. The number of fused-ring (bicyclic) bond motifs is 1. The van der Waals surface area contributed by atoms with E-state index in [1.807, 2.05) is 29.9 Å². The number of rotatable bonds is 5. The minimum Gasteiger partial charge on any atom is -0.350 e. The summed E-state index contributed by atoms with van der Waals surface area (Å²) < 4.78 is 1.99. The van der Waals surface area contributed by atoms with E-state index >= 15 is 0 Å². The molecule has 2 aromatic rings. The highest BCUT2D eigenvalue weighted by molar-refractivity contribution is 5.76. The molecule has 0 saturated heterocycles.